The van der Waals surface area contributed by atoms with Crippen molar-refractivity contribution in [3.63, 3.8) is 0 Å². The van der Waals surface area contributed by atoms with Gasteiger partial charge in [0.2, 0.25) is 0 Å². The molecule has 1 aromatic carbocycles. The van der Waals surface area contributed by atoms with Crippen molar-refractivity contribution < 1.29 is 19.5 Å². The number of amides is 2. The first-order chi connectivity index (χ1) is 10.8. The highest BCUT2D eigenvalue weighted by molar-refractivity contribution is 6.00. The highest BCUT2D eigenvalue weighted by Crippen LogP contribution is 2.10. The summed E-state index contributed by atoms with van der Waals surface area (Å²) < 4.78 is 0. The minimum atomic E-state index is -1.06. The molecule has 23 heavy (non-hydrogen) atoms. The first kappa shape index (κ1) is 18.7. The third-order valence-corrected chi connectivity index (χ3v) is 3.50. The average molecular weight is 320 g/mol. The highest BCUT2D eigenvalue weighted by Gasteiger charge is 2.22. The smallest absolute Gasteiger partial charge is 0.326 e. The number of nitrogens with one attached hydrogen (secondary N) is 1. The Morgan fingerprint density at radius 2 is 1.83 bits per heavy atom. The van der Waals surface area contributed by atoms with Crippen molar-refractivity contribution in [2.24, 2.45) is 5.92 Å². The molecule has 0 spiro atoms. The van der Waals surface area contributed by atoms with Crippen molar-refractivity contribution >= 4 is 17.8 Å². The van der Waals surface area contributed by atoms with Crippen LogP contribution in [-0.4, -0.2) is 47.4 Å². The fourth-order valence-corrected chi connectivity index (χ4v) is 2.09. The molecule has 0 saturated carbocycles. The number of hydrogen-bond donors (Lipinski definition) is 2. The van der Waals surface area contributed by atoms with Crippen LogP contribution in [0.5, 0.6) is 0 Å². The van der Waals surface area contributed by atoms with E-state index < -0.39 is 17.9 Å². The van der Waals surface area contributed by atoms with Gasteiger partial charge in [-0.1, -0.05) is 19.9 Å². The molecule has 1 aromatic rings. The quantitative estimate of drug-likeness (QED) is 0.804. The zero-order valence-corrected chi connectivity index (χ0v) is 14.0. The number of hydrogen-bond acceptors (Lipinski definition) is 3. The molecule has 0 saturated heterocycles. The maximum Gasteiger partial charge on any atom is 0.326 e. The van der Waals surface area contributed by atoms with Gasteiger partial charge in [-0.3, -0.25) is 9.59 Å². The molecular weight excluding hydrogens is 296 g/mol. The lowest BCUT2D eigenvalue weighted by atomic mass is 10.0. The molecule has 0 bridgehead atoms. The Morgan fingerprint density at radius 1 is 1.22 bits per heavy atom. The van der Waals surface area contributed by atoms with Crippen LogP contribution in [0.3, 0.4) is 0 Å². The summed E-state index contributed by atoms with van der Waals surface area (Å²) in [6.45, 7) is 6.20. The van der Waals surface area contributed by atoms with E-state index in [4.69, 9.17) is 0 Å². The highest BCUT2D eigenvalue weighted by atomic mass is 16.4. The van der Waals surface area contributed by atoms with Crippen molar-refractivity contribution in [2.75, 3.05) is 13.6 Å². The van der Waals surface area contributed by atoms with E-state index in [0.29, 0.717) is 18.5 Å². The summed E-state index contributed by atoms with van der Waals surface area (Å²) in [5.74, 6) is -1.60. The van der Waals surface area contributed by atoms with Gasteiger partial charge in [0, 0.05) is 24.7 Å². The van der Waals surface area contributed by atoms with E-state index in [0.717, 1.165) is 0 Å². The van der Waals surface area contributed by atoms with Crippen molar-refractivity contribution in [2.45, 2.75) is 33.2 Å². The molecule has 2 N–H and O–H groups in total. The maximum atomic E-state index is 12.3. The lowest BCUT2D eigenvalue weighted by Crippen LogP contribution is -2.41. The lowest BCUT2D eigenvalue weighted by molar-refractivity contribution is -0.139. The van der Waals surface area contributed by atoms with Crippen LogP contribution in [0.2, 0.25) is 0 Å². The molecule has 0 unspecified atom stereocenters. The maximum absolute atomic E-state index is 12.3. The third-order valence-electron chi connectivity index (χ3n) is 3.50. The van der Waals surface area contributed by atoms with Crippen LogP contribution in [-0.2, 0) is 4.79 Å². The van der Waals surface area contributed by atoms with E-state index in [1.54, 1.807) is 25.2 Å². The molecule has 1 atom stereocenters. The van der Waals surface area contributed by atoms with Gasteiger partial charge in [0.25, 0.3) is 11.8 Å². The van der Waals surface area contributed by atoms with Crippen LogP contribution in [0.25, 0.3) is 0 Å². The summed E-state index contributed by atoms with van der Waals surface area (Å²) >= 11 is 0. The molecule has 6 nitrogen and oxygen atoms in total. The SMILES string of the molecule is CCN(C)C(=O)c1cccc(C(=O)N[C@H](CC(C)C)C(=O)O)c1. The predicted octanol–water partition coefficient (Wildman–Crippen LogP) is 2.01. The Kier molecular flexibility index (Phi) is 6.75. The molecule has 0 aromatic heterocycles. The molecule has 126 valence electrons. The summed E-state index contributed by atoms with van der Waals surface area (Å²) in [4.78, 5) is 37.1. The zero-order chi connectivity index (χ0) is 17.6. The van der Waals surface area contributed by atoms with Gasteiger partial charge in [0.05, 0.1) is 0 Å². The Hall–Kier alpha value is -2.37. The molecule has 0 radical (unpaired) electrons. The molecule has 0 aliphatic heterocycles. The zero-order valence-electron chi connectivity index (χ0n) is 14.0. The molecule has 1 rings (SSSR count). The fraction of sp³-hybridized carbons (Fsp3) is 0.471. The number of benzene rings is 1. The van der Waals surface area contributed by atoms with Crippen LogP contribution >= 0.6 is 0 Å². The third kappa shape index (κ3) is 5.39. The Balaban J connectivity index is 2.91. The van der Waals surface area contributed by atoms with E-state index in [1.807, 2.05) is 20.8 Å². The number of carbonyl (C=O) groups is 3. The second-order valence-corrected chi connectivity index (χ2v) is 5.89. The van der Waals surface area contributed by atoms with E-state index in [2.05, 4.69) is 5.32 Å². The van der Waals surface area contributed by atoms with Gasteiger partial charge in [0.15, 0.2) is 0 Å². The van der Waals surface area contributed by atoms with E-state index in [9.17, 15) is 19.5 Å². The Bertz CT molecular complexity index is 584. The fourth-order valence-electron chi connectivity index (χ4n) is 2.09. The molecule has 6 heteroatoms. The number of carboxylic acids is 1. The van der Waals surface area contributed by atoms with Gasteiger partial charge in [-0.2, -0.15) is 0 Å². The molecule has 0 fully saturated rings. The molecule has 0 heterocycles. The van der Waals surface area contributed by atoms with Gasteiger partial charge in [-0.05, 0) is 37.5 Å². The van der Waals surface area contributed by atoms with Crippen LogP contribution in [0.15, 0.2) is 24.3 Å². The van der Waals surface area contributed by atoms with Crippen molar-refractivity contribution in [1.82, 2.24) is 10.2 Å². The van der Waals surface area contributed by atoms with Gasteiger partial charge >= 0.3 is 5.97 Å². The number of carboxylic acid groups (broad SMARTS) is 1. The van der Waals surface area contributed by atoms with Gasteiger partial charge in [0.1, 0.15) is 6.04 Å². The normalized spacial score (nSPS) is 11.9. The minimum absolute atomic E-state index is 0.141. The number of rotatable bonds is 7. The number of aliphatic carboxylic acids is 1. The van der Waals surface area contributed by atoms with Gasteiger partial charge in [-0.25, -0.2) is 4.79 Å². The molecule has 2 amide bonds. The molecular formula is C17H24N2O4. The Morgan fingerprint density at radius 3 is 2.35 bits per heavy atom. The predicted molar refractivity (Wildman–Crippen MR) is 87.4 cm³/mol. The molecule has 0 aliphatic carbocycles. The largest absolute Gasteiger partial charge is 0.480 e. The Labute approximate surface area is 136 Å². The second kappa shape index (κ2) is 8.31. The summed E-state index contributed by atoms with van der Waals surface area (Å²) in [6, 6.07) is 5.35. The minimum Gasteiger partial charge on any atom is -0.480 e. The van der Waals surface area contributed by atoms with Crippen molar-refractivity contribution in [3.05, 3.63) is 35.4 Å². The van der Waals surface area contributed by atoms with Crippen LogP contribution in [0.4, 0.5) is 0 Å². The van der Waals surface area contributed by atoms with E-state index in [1.165, 1.54) is 11.0 Å². The van der Waals surface area contributed by atoms with Gasteiger partial charge < -0.3 is 15.3 Å². The van der Waals surface area contributed by atoms with E-state index in [-0.39, 0.29) is 17.4 Å². The van der Waals surface area contributed by atoms with Crippen molar-refractivity contribution in [1.29, 1.82) is 0 Å². The number of carbonyl (C=O) groups excluding carboxylic acids is 2. The van der Waals surface area contributed by atoms with Crippen LogP contribution in [0.1, 0.15) is 47.9 Å². The second-order valence-electron chi connectivity index (χ2n) is 5.89. The lowest BCUT2D eigenvalue weighted by Gasteiger charge is -2.17. The van der Waals surface area contributed by atoms with Crippen LogP contribution in [0, 0.1) is 5.92 Å². The molecule has 0 aliphatic rings. The standard InChI is InChI=1S/C17H24N2O4/c1-5-19(4)16(21)13-8-6-7-12(10-13)15(20)18-14(17(22)23)9-11(2)3/h6-8,10-11,14H,5,9H2,1-4H3,(H,18,20)(H,22,23)/t14-/m1/s1. The summed E-state index contributed by atoms with van der Waals surface area (Å²) in [5.41, 5.74) is 0.674. The summed E-state index contributed by atoms with van der Waals surface area (Å²) in [5, 5.41) is 11.7. The monoisotopic (exact) mass is 320 g/mol. The average Bonchev–Trinajstić information content (AvgIpc) is 2.52. The van der Waals surface area contributed by atoms with Gasteiger partial charge in [-0.15, -0.1) is 0 Å². The topological polar surface area (TPSA) is 86.7 Å². The first-order valence-corrected chi connectivity index (χ1v) is 7.65. The van der Waals surface area contributed by atoms with Crippen molar-refractivity contribution in [3.8, 4) is 0 Å². The first-order valence-electron chi connectivity index (χ1n) is 7.65. The summed E-state index contributed by atoms with van der Waals surface area (Å²) in [7, 11) is 1.68. The summed E-state index contributed by atoms with van der Waals surface area (Å²) in [6.07, 6.45) is 0.346. The van der Waals surface area contributed by atoms with Crippen LogP contribution < -0.4 is 5.32 Å². The van der Waals surface area contributed by atoms with E-state index >= 15 is 0 Å². The number of nitrogens with zero attached hydrogens (tertiary/aromatic N) is 1.